The second-order valence-electron chi connectivity index (χ2n) is 2.60. The highest BCUT2D eigenvalue weighted by molar-refractivity contribution is 9.10. The predicted molar refractivity (Wildman–Crippen MR) is 50.9 cm³/mol. The molecule has 0 fully saturated rings. The molecular weight excluding hydrogens is 252 g/mol. The van der Waals surface area contributed by atoms with Crippen LogP contribution in [0.1, 0.15) is 10.5 Å². The van der Waals surface area contributed by atoms with E-state index in [1.54, 1.807) is 6.07 Å². The third kappa shape index (κ3) is 1.56. The van der Waals surface area contributed by atoms with Crippen LogP contribution in [0.2, 0.25) is 0 Å². The molecular formula is C8H5BrN2O3. The van der Waals surface area contributed by atoms with Crippen LogP contribution < -0.4 is 0 Å². The lowest BCUT2D eigenvalue weighted by molar-refractivity contribution is 0.0690. The van der Waals surface area contributed by atoms with Crippen molar-refractivity contribution in [2.45, 2.75) is 0 Å². The molecule has 14 heavy (non-hydrogen) atoms. The van der Waals surface area contributed by atoms with Crippen molar-refractivity contribution in [1.82, 2.24) is 10.2 Å². The average Bonchev–Trinajstić information content (AvgIpc) is 2.70. The Morgan fingerprint density at radius 1 is 1.57 bits per heavy atom. The number of carboxylic acid groups (broad SMARTS) is 1. The summed E-state index contributed by atoms with van der Waals surface area (Å²) in [5.41, 5.74) is 0.501. The van der Waals surface area contributed by atoms with E-state index in [0.717, 1.165) is 4.47 Å². The molecule has 2 N–H and O–H groups in total. The topological polar surface area (TPSA) is 79.1 Å². The molecule has 0 aliphatic rings. The first kappa shape index (κ1) is 9.01. The summed E-state index contributed by atoms with van der Waals surface area (Å²) < 4.78 is 5.92. The zero-order chi connectivity index (χ0) is 10.1. The number of halogens is 1. The molecule has 2 aromatic heterocycles. The number of nitrogens with zero attached hydrogens (tertiary/aromatic N) is 1. The van der Waals surface area contributed by atoms with Crippen molar-refractivity contribution >= 4 is 21.9 Å². The second kappa shape index (κ2) is 3.30. The number of carboxylic acids is 1. The standard InChI is InChI=1S/C8H5BrN2O3/c9-4-1-7(14-3-4)5-2-6(8(12)13)11-10-5/h1-3H,(H,10,11)(H,12,13). The smallest absolute Gasteiger partial charge is 0.356 e. The molecule has 5 nitrogen and oxygen atoms in total. The van der Waals surface area contributed by atoms with Gasteiger partial charge in [0.2, 0.25) is 0 Å². The van der Waals surface area contributed by atoms with E-state index in [1.165, 1.54) is 12.3 Å². The van der Waals surface area contributed by atoms with Gasteiger partial charge in [-0.25, -0.2) is 4.79 Å². The monoisotopic (exact) mass is 256 g/mol. The van der Waals surface area contributed by atoms with Gasteiger partial charge in [-0.2, -0.15) is 5.10 Å². The maximum Gasteiger partial charge on any atom is 0.356 e. The van der Waals surface area contributed by atoms with Crippen molar-refractivity contribution in [3.8, 4) is 11.5 Å². The molecule has 0 atom stereocenters. The van der Waals surface area contributed by atoms with Crippen LogP contribution in [0.3, 0.4) is 0 Å². The number of nitrogens with one attached hydrogen (secondary N) is 1. The summed E-state index contributed by atoms with van der Waals surface area (Å²) in [5.74, 6) is -0.532. The van der Waals surface area contributed by atoms with Gasteiger partial charge >= 0.3 is 5.97 Å². The molecule has 0 bridgehead atoms. The fourth-order valence-corrected chi connectivity index (χ4v) is 1.31. The number of hydrogen-bond acceptors (Lipinski definition) is 3. The van der Waals surface area contributed by atoms with Crippen LogP contribution in [0.25, 0.3) is 11.5 Å². The highest BCUT2D eigenvalue weighted by atomic mass is 79.9. The van der Waals surface area contributed by atoms with E-state index >= 15 is 0 Å². The maximum atomic E-state index is 10.5. The van der Waals surface area contributed by atoms with Crippen LogP contribution in [0.15, 0.2) is 27.3 Å². The Morgan fingerprint density at radius 3 is 2.86 bits per heavy atom. The molecule has 0 saturated carbocycles. The summed E-state index contributed by atoms with van der Waals surface area (Å²) in [7, 11) is 0. The minimum atomic E-state index is -1.07. The van der Waals surface area contributed by atoms with Crippen molar-refractivity contribution in [3.63, 3.8) is 0 Å². The SMILES string of the molecule is O=C(O)c1cc(-c2cc(Br)co2)[nH]n1. The Hall–Kier alpha value is -1.56. The summed E-state index contributed by atoms with van der Waals surface area (Å²) >= 11 is 3.22. The van der Waals surface area contributed by atoms with E-state index in [-0.39, 0.29) is 5.69 Å². The first-order valence-electron chi connectivity index (χ1n) is 3.70. The summed E-state index contributed by atoms with van der Waals surface area (Å²) in [6, 6.07) is 3.13. The number of rotatable bonds is 2. The van der Waals surface area contributed by atoms with Gasteiger partial charge in [0.25, 0.3) is 0 Å². The van der Waals surface area contributed by atoms with E-state index in [1.807, 2.05) is 0 Å². The number of aromatic amines is 1. The Balaban J connectivity index is 2.38. The van der Waals surface area contributed by atoms with Gasteiger partial charge < -0.3 is 9.52 Å². The van der Waals surface area contributed by atoms with E-state index in [9.17, 15) is 4.79 Å². The molecule has 0 saturated heterocycles. The summed E-state index contributed by atoms with van der Waals surface area (Å²) in [6.07, 6.45) is 1.51. The average molecular weight is 257 g/mol. The zero-order valence-corrected chi connectivity index (χ0v) is 8.41. The van der Waals surface area contributed by atoms with Crippen LogP contribution in [0.4, 0.5) is 0 Å². The summed E-state index contributed by atoms with van der Waals surface area (Å²) in [5, 5.41) is 14.8. The third-order valence-electron chi connectivity index (χ3n) is 1.63. The van der Waals surface area contributed by atoms with Gasteiger partial charge in [0.05, 0.1) is 4.47 Å². The third-order valence-corrected chi connectivity index (χ3v) is 2.05. The molecule has 0 aliphatic heterocycles. The number of H-pyrrole nitrogens is 1. The Kier molecular flexibility index (Phi) is 2.12. The summed E-state index contributed by atoms with van der Waals surface area (Å²) in [6.45, 7) is 0. The fraction of sp³-hybridized carbons (Fsp3) is 0. The Bertz CT molecular complexity index is 474. The van der Waals surface area contributed by atoms with E-state index < -0.39 is 5.97 Å². The molecule has 0 radical (unpaired) electrons. The van der Waals surface area contributed by atoms with Gasteiger partial charge in [-0.05, 0) is 15.9 Å². The van der Waals surface area contributed by atoms with E-state index in [4.69, 9.17) is 9.52 Å². The number of hydrogen-bond donors (Lipinski definition) is 2. The predicted octanol–water partition coefficient (Wildman–Crippen LogP) is 2.13. The molecule has 72 valence electrons. The second-order valence-corrected chi connectivity index (χ2v) is 3.52. The minimum Gasteiger partial charge on any atom is -0.476 e. The molecule has 6 heteroatoms. The van der Waals surface area contributed by atoms with Gasteiger partial charge in [0.1, 0.15) is 12.0 Å². The van der Waals surface area contributed by atoms with Gasteiger partial charge in [0, 0.05) is 12.1 Å². The van der Waals surface area contributed by atoms with Crippen LogP contribution in [-0.4, -0.2) is 21.3 Å². The molecule has 0 amide bonds. The molecule has 0 aliphatic carbocycles. The van der Waals surface area contributed by atoms with Crippen molar-refractivity contribution in [3.05, 3.63) is 28.6 Å². The van der Waals surface area contributed by atoms with Crippen molar-refractivity contribution < 1.29 is 14.3 Å². The van der Waals surface area contributed by atoms with Crippen LogP contribution in [0.5, 0.6) is 0 Å². The molecule has 2 aromatic rings. The first-order valence-corrected chi connectivity index (χ1v) is 4.49. The summed E-state index contributed by atoms with van der Waals surface area (Å²) in [4.78, 5) is 10.5. The Morgan fingerprint density at radius 2 is 2.36 bits per heavy atom. The number of carbonyl (C=O) groups is 1. The van der Waals surface area contributed by atoms with Crippen molar-refractivity contribution in [2.75, 3.05) is 0 Å². The highest BCUT2D eigenvalue weighted by Gasteiger charge is 2.11. The molecule has 0 aromatic carbocycles. The van der Waals surface area contributed by atoms with Crippen LogP contribution in [0, 0.1) is 0 Å². The zero-order valence-electron chi connectivity index (χ0n) is 6.82. The lowest BCUT2D eigenvalue weighted by Crippen LogP contribution is -1.95. The highest BCUT2D eigenvalue weighted by Crippen LogP contribution is 2.23. The fourth-order valence-electron chi connectivity index (χ4n) is 1.01. The maximum absolute atomic E-state index is 10.5. The van der Waals surface area contributed by atoms with Gasteiger partial charge in [-0.1, -0.05) is 0 Å². The quantitative estimate of drug-likeness (QED) is 0.863. The van der Waals surface area contributed by atoms with Gasteiger partial charge in [-0.3, -0.25) is 5.10 Å². The number of furan rings is 1. The van der Waals surface area contributed by atoms with Crippen molar-refractivity contribution in [2.24, 2.45) is 0 Å². The largest absolute Gasteiger partial charge is 0.476 e. The van der Waals surface area contributed by atoms with E-state index in [2.05, 4.69) is 26.1 Å². The lowest BCUT2D eigenvalue weighted by Gasteiger charge is -1.85. The molecule has 0 spiro atoms. The molecule has 2 heterocycles. The lowest BCUT2D eigenvalue weighted by atomic mass is 10.3. The molecule has 0 unspecified atom stereocenters. The minimum absolute atomic E-state index is 0.0347. The van der Waals surface area contributed by atoms with Crippen molar-refractivity contribution in [1.29, 1.82) is 0 Å². The van der Waals surface area contributed by atoms with Crippen LogP contribution >= 0.6 is 15.9 Å². The first-order chi connectivity index (χ1) is 6.66. The van der Waals surface area contributed by atoms with Gasteiger partial charge in [0.15, 0.2) is 11.5 Å². The molecule has 2 rings (SSSR count). The Labute approximate surface area is 86.9 Å². The number of aromatic nitrogens is 2. The normalized spacial score (nSPS) is 10.4. The number of aromatic carboxylic acids is 1. The van der Waals surface area contributed by atoms with Crippen LogP contribution in [-0.2, 0) is 0 Å². The van der Waals surface area contributed by atoms with Gasteiger partial charge in [-0.15, -0.1) is 0 Å². The van der Waals surface area contributed by atoms with E-state index in [0.29, 0.717) is 11.5 Å².